The lowest BCUT2D eigenvalue weighted by molar-refractivity contribution is -0.154. The minimum Gasteiger partial charge on any atom is -0.497 e. The number of aliphatic carboxylic acids is 1. The van der Waals surface area contributed by atoms with Gasteiger partial charge in [0.1, 0.15) is 11.9 Å². The number of carboxylic acids is 1. The van der Waals surface area contributed by atoms with Crippen LogP contribution in [-0.2, 0) is 20.9 Å². The van der Waals surface area contributed by atoms with Crippen molar-refractivity contribution in [1.29, 1.82) is 0 Å². The zero-order valence-corrected chi connectivity index (χ0v) is 12.1. The fourth-order valence-corrected chi connectivity index (χ4v) is 2.37. The maximum atomic E-state index is 12.2. The predicted octanol–water partition coefficient (Wildman–Crippen LogP) is 1.29. The van der Waals surface area contributed by atoms with Crippen LogP contribution in [0.25, 0.3) is 0 Å². The Labute approximate surface area is 123 Å². The summed E-state index contributed by atoms with van der Waals surface area (Å²) in [6, 6.07) is 7.46. The number of amides is 1. The molecule has 0 radical (unpaired) electrons. The molecule has 21 heavy (non-hydrogen) atoms. The Balaban J connectivity index is 1.95. The summed E-state index contributed by atoms with van der Waals surface area (Å²) in [6.45, 7) is 0.424. The third kappa shape index (κ3) is 3.72. The monoisotopic (exact) mass is 293 g/mol. The molecule has 0 aromatic heterocycles. The first-order valence-corrected chi connectivity index (χ1v) is 6.77. The molecule has 2 rings (SSSR count). The molecule has 0 bridgehead atoms. The SMILES string of the molecule is COc1cccc(CN(C)C(=O)C2CCC(C(=O)O)O2)c1. The third-order valence-corrected chi connectivity index (χ3v) is 3.50. The van der Waals surface area contributed by atoms with E-state index >= 15 is 0 Å². The van der Waals surface area contributed by atoms with Gasteiger partial charge in [0.25, 0.3) is 5.91 Å². The van der Waals surface area contributed by atoms with Crippen LogP contribution in [0.5, 0.6) is 5.75 Å². The van der Waals surface area contributed by atoms with Crippen LogP contribution in [0.15, 0.2) is 24.3 Å². The molecule has 1 heterocycles. The summed E-state index contributed by atoms with van der Waals surface area (Å²) in [6.07, 6.45) is -0.720. The van der Waals surface area contributed by atoms with Crippen LogP contribution in [0.4, 0.5) is 0 Å². The molecule has 2 atom stereocenters. The molecular formula is C15H19NO5. The smallest absolute Gasteiger partial charge is 0.332 e. The van der Waals surface area contributed by atoms with Crippen molar-refractivity contribution >= 4 is 11.9 Å². The number of hydrogen-bond donors (Lipinski definition) is 1. The number of likely N-dealkylation sites (N-methyl/N-ethyl adjacent to an activating group) is 1. The molecule has 2 unspecified atom stereocenters. The van der Waals surface area contributed by atoms with E-state index in [9.17, 15) is 9.59 Å². The van der Waals surface area contributed by atoms with Gasteiger partial charge in [-0.3, -0.25) is 4.79 Å². The van der Waals surface area contributed by atoms with Gasteiger partial charge in [-0.2, -0.15) is 0 Å². The van der Waals surface area contributed by atoms with Gasteiger partial charge in [0.05, 0.1) is 7.11 Å². The van der Waals surface area contributed by atoms with Crippen LogP contribution in [0.1, 0.15) is 18.4 Å². The predicted molar refractivity (Wildman–Crippen MR) is 75.0 cm³/mol. The molecule has 6 heteroatoms. The summed E-state index contributed by atoms with van der Waals surface area (Å²) in [5.41, 5.74) is 0.943. The molecule has 1 amide bonds. The van der Waals surface area contributed by atoms with Crippen LogP contribution in [0, 0.1) is 0 Å². The fourth-order valence-electron chi connectivity index (χ4n) is 2.37. The Morgan fingerprint density at radius 2 is 2.10 bits per heavy atom. The van der Waals surface area contributed by atoms with Crippen LogP contribution >= 0.6 is 0 Å². The van der Waals surface area contributed by atoms with Gasteiger partial charge >= 0.3 is 5.97 Å². The maximum absolute atomic E-state index is 12.2. The van der Waals surface area contributed by atoms with E-state index in [1.54, 1.807) is 19.1 Å². The first kappa shape index (κ1) is 15.3. The molecule has 1 aliphatic heterocycles. The van der Waals surface area contributed by atoms with E-state index < -0.39 is 18.2 Å². The quantitative estimate of drug-likeness (QED) is 0.885. The number of rotatable bonds is 5. The second-order valence-electron chi connectivity index (χ2n) is 5.07. The van der Waals surface area contributed by atoms with Crippen LogP contribution < -0.4 is 4.74 Å². The molecule has 0 aliphatic carbocycles. The largest absolute Gasteiger partial charge is 0.497 e. The number of carbonyl (C=O) groups is 2. The summed E-state index contributed by atoms with van der Waals surface area (Å²) in [5.74, 6) is -0.473. The lowest BCUT2D eigenvalue weighted by Gasteiger charge is -2.21. The van der Waals surface area contributed by atoms with Crippen molar-refractivity contribution in [3.05, 3.63) is 29.8 Å². The normalized spacial score (nSPS) is 21.0. The van der Waals surface area contributed by atoms with Gasteiger partial charge in [-0.15, -0.1) is 0 Å². The van der Waals surface area contributed by atoms with E-state index in [0.717, 1.165) is 11.3 Å². The highest BCUT2D eigenvalue weighted by Crippen LogP contribution is 2.22. The molecule has 6 nitrogen and oxygen atoms in total. The number of hydrogen-bond acceptors (Lipinski definition) is 4. The van der Waals surface area contributed by atoms with Crippen molar-refractivity contribution in [3.63, 3.8) is 0 Å². The zero-order valence-electron chi connectivity index (χ0n) is 12.1. The summed E-state index contributed by atoms with van der Waals surface area (Å²) in [7, 11) is 3.27. The topological polar surface area (TPSA) is 76.1 Å². The number of nitrogens with zero attached hydrogens (tertiary/aromatic N) is 1. The average Bonchev–Trinajstić information content (AvgIpc) is 2.96. The van der Waals surface area contributed by atoms with Gasteiger partial charge in [-0.1, -0.05) is 12.1 Å². The lowest BCUT2D eigenvalue weighted by Crippen LogP contribution is -2.36. The minimum absolute atomic E-state index is 0.193. The number of carboxylic acid groups (broad SMARTS) is 1. The number of methoxy groups -OCH3 is 1. The highest BCUT2D eigenvalue weighted by atomic mass is 16.5. The van der Waals surface area contributed by atoms with Crippen LogP contribution in [0.3, 0.4) is 0 Å². The van der Waals surface area contributed by atoms with Crippen molar-refractivity contribution < 1.29 is 24.2 Å². The van der Waals surface area contributed by atoms with E-state index in [1.165, 1.54) is 0 Å². The van der Waals surface area contributed by atoms with Gasteiger partial charge in [0.15, 0.2) is 6.10 Å². The zero-order chi connectivity index (χ0) is 15.4. The summed E-state index contributed by atoms with van der Waals surface area (Å²) in [5, 5.41) is 8.88. The molecule has 1 fully saturated rings. The van der Waals surface area contributed by atoms with Gasteiger partial charge in [-0.05, 0) is 30.5 Å². The average molecular weight is 293 g/mol. The molecule has 1 saturated heterocycles. The molecule has 1 N–H and O–H groups in total. The van der Waals surface area contributed by atoms with E-state index in [-0.39, 0.29) is 5.91 Å². The summed E-state index contributed by atoms with van der Waals surface area (Å²) < 4.78 is 10.4. The van der Waals surface area contributed by atoms with Gasteiger partial charge in [0, 0.05) is 13.6 Å². The molecule has 1 aromatic rings. The molecule has 1 aromatic carbocycles. The third-order valence-electron chi connectivity index (χ3n) is 3.50. The van der Waals surface area contributed by atoms with Crippen molar-refractivity contribution in [1.82, 2.24) is 4.90 Å². The molecule has 0 saturated carbocycles. The Morgan fingerprint density at radius 3 is 2.71 bits per heavy atom. The fraction of sp³-hybridized carbons (Fsp3) is 0.467. The van der Waals surface area contributed by atoms with Crippen molar-refractivity contribution in [2.75, 3.05) is 14.2 Å². The number of benzene rings is 1. The highest BCUT2D eigenvalue weighted by Gasteiger charge is 2.35. The molecular weight excluding hydrogens is 274 g/mol. The van der Waals surface area contributed by atoms with Crippen molar-refractivity contribution in [2.45, 2.75) is 31.6 Å². The molecule has 1 aliphatic rings. The number of carbonyl (C=O) groups excluding carboxylic acids is 1. The summed E-state index contributed by atoms with van der Waals surface area (Å²) in [4.78, 5) is 24.6. The standard InChI is InChI=1S/C15H19NO5/c1-16(9-10-4-3-5-11(8-10)20-2)14(17)12-6-7-13(21-12)15(18)19/h3-5,8,12-13H,6-7,9H2,1-2H3,(H,18,19). The maximum Gasteiger partial charge on any atom is 0.332 e. The first-order valence-electron chi connectivity index (χ1n) is 6.77. The second kappa shape index (κ2) is 6.58. The van der Waals surface area contributed by atoms with Gasteiger partial charge < -0.3 is 19.5 Å². The van der Waals surface area contributed by atoms with Gasteiger partial charge in [-0.25, -0.2) is 4.79 Å². The Bertz CT molecular complexity index is 531. The van der Waals surface area contributed by atoms with Crippen molar-refractivity contribution in [2.24, 2.45) is 0 Å². The highest BCUT2D eigenvalue weighted by molar-refractivity contribution is 5.82. The Hall–Kier alpha value is -2.08. The first-order chi connectivity index (χ1) is 10.0. The number of ether oxygens (including phenoxy) is 2. The summed E-state index contributed by atoms with van der Waals surface area (Å²) >= 11 is 0. The Kier molecular flexibility index (Phi) is 4.80. The molecule has 114 valence electrons. The van der Waals surface area contributed by atoms with E-state index in [1.807, 2.05) is 24.3 Å². The van der Waals surface area contributed by atoms with E-state index in [0.29, 0.717) is 19.4 Å². The second-order valence-corrected chi connectivity index (χ2v) is 5.07. The van der Waals surface area contributed by atoms with E-state index in [2.05, 4.69) is 0 Å². The van der Waals surface area contributed by atoms with Crippen LogP contribution in [0.2, 0.25) is 0 Å². The molecule has 0 spiro atoms. The van der Waals surface area contributed by atoms with E-state index in [4.69, 9.17) is 14.6 Å². The van der Waals surface area contributed by atoms with Gasteiger partial charge in [0.2, 0.25) is 0 Å². The lowest BCUT2D eigenvalue weighted by atomic mass is 10.1. The minimum atomic E-state index is -1.01. The Morgan fingerprint density at radius 1 is 1.38 bits per heavy atom. The van der Waals surface area contributed by atoms with Crippen molar-refractivity contribution in [3.8, 4) is 5.75 Å². The van der Waals surface area contributed by atoms with Crippen LogP contribution in [-0.4, -0.2) is 48.2 Å².